The maximum absolute atomic E-state index is 10.4. The highest BCUT2D eigenvalue weighted by Crippen LogP contribution is 2.47. The summed E-state index contributed by atoms with van der Waals surface area (Å²) in [6.07, 6.45) is 2.49. The Morgan fingerprint density at radius 2 is 1.67 bits per heavy atom. The van der Waals surface area contributed by atoms with Gasteiger partial charge in [-0.05, 0) is 36.1 Å². The SMILES string of the molecule is CC(C)C1CCC(C)C(O)C1[Si](C)(C)C. The lowest BCUT2D eigenvalue weighted by Crippen LogP contribution is -2.47. The zero-order chi connectivity index (χ0) is 11.8. The molecule has 0 spiro atoms. The summed E-state index contributed by atoms with van der Waals surface area (Å²) in [5.41, 5.74) is 0.598. The van der Waals surface area contributed by atoms with Crippen molar-refractivity contribution < 1.29 is 5.11 Å². The van der Waals surface area contributed by atoms with Crippen LogP contribution in [0.5, 0.6) is 0 Å². The van der Waals surface area contributed by atoms with Gasteiger partial charge in [-0.25, -0.2) is 0 Å². The molecule has 1 N–H and O–H groups in total. The summed E-state index contributed by atoms with van der Waals surface area (Å²) in [5, 5.41) is 10.4. The average Bonchev–Trinajstić information content (AvgIpc) is 2.06. The fraction of sp³-hybridized carbons (Fsp3) is 1.00. The third-order valence-electron chi connectivity index (χ3n) is 4.22. The molecule has 0 bridgehead atoms. The van der Waals surface area contributed by atoms with Crippen LogP contribution in [0, 0.1) is 17.8 Å². The van der Waals surface area contributed by atoms with Crippen molar-refractivity contribution in [2.24, 2.45) is 17.8 Å². The Labute approximate surface area is 96.3 Å². The summed E-state index contributed by atoms with van der Waals surface area (Å²) in [4.78, 5) is 0. The normalized spacial score (nSPS) is 38.4. The average molecular weight is 228 g/mol. The van der Waals surface area contributed by atoms with Gasteiger partial charge in [0.05, 0.1) is 14.2 Å². The van der Waals surface area contributed by atoms with Crippen LogP contribution < -0.4 is 0 Å². The van der Waals surface area contributed by atoms with E-state index in [9.17, 15) is 5.11 Å². The molecule has 1 aliphatic rings. The molecule has 4 atom stereocenters. The van der Waals surface area contributed by atoms with Crippen LogP contribution in [0.3, 0.4) is 0 Å². The van der Waals surface area contributed by atoms with Crippen LogP contribution in [0.1, 0.15) is 33.6 Å². The molecule has 0 aromatic heterocycles. The van der Waals surface area contributed by atoms with Crippen LogP contribution in [0.15, 0.2) is 0 Å². The molecule has 1 saturated carbocycles. The molecule has 0 aromatic carbocycles. The van der Waals surface area contributed by atoms with E-state index in [0.29, 0.717) is 11.5 Å². The number of hydrogen-bond donors (Lipinski definition) is 1. The summed E-state index contributed by atoms with van der Waals surface area (Å²) in [6.45, 7) is 14.1. The van der Waals surface area contributed by atoms with Crippen LogP contribution in [-0.2, 0) is 0 Å². The van der Waals surface area contributed by atoms with Gasteiger partial charge in [-0.1, -0.05) is 40.4 Å². The zero-order valence-corrected chi connectivity index (χ0v) is 12.2. The van der Waals surface area contributed by atoms with E-state index in [2.05, 4.69) is 40.4 Å². The predicted molar refractivity (Wildman–Crippen MR) is 69.8 cm³/mol. The van der Waals surface area contributed by atoms with Gasteiger partial charge < -0.3 is 5.11 Å². The molecule has 0 aromatic rings. The summed E-state index contributed by atoms with van der Waals surface area (Å²) < 4.78 is 0. The first-order valence-corrected chi connectivity index (χ1v) is 10.0. The Balaban J connectivity index is 2.90. The highest BCUT2D eigenvalue weighted by Gasteiger charge is 2.44. The Hall–Kier alpha value is 0.177. The second kappa shape index (κ2) is 4.58. The highest BCUT2D eigenvalue weighted by molar-refractivity contribution is 6.77. The minimum atomic E-state index is -1.24. The third kappa shape index (κ3) is 2.85. The first-order valence-electron chi connectivity index (χ1n) is 6.43. The molecule has 0 aliphatic heterocycles. The van der Waals surface area contributed by atoms with Crippen molar-refractivity contribution in [2.45, 2.75) is 64.9 Å². The standard InChI is InChI=1S/C13H28OSi/c1-9(2)11-8-7-10(3)12(14)13(11)15(4,5)6/h9-14H,7-8H2,1-6H3. The van der Waals surface area contributed by atoms with Gasteiger partial charge in [0.1, 0.15) is 0 Å². The highest BCUT2D eigenvalue weighted by atomic mass is 28.3. The van der Waals surface area contributed by atoms with Crippen molar-refractivity contribution in [3.8, 4) is 0 Å². The van der Waals surface area contributed by atoms with Crippen molar-refractivity contribution in [2.75, 3.05) is 0 Å². The summed E-state index contributed by atoms with van der Waals surface area (Å²) in [5.74, 6) is 1.99. The summed E-state index contributed by atoms with van der Waals surface area (Å²) >= 11 is 0. The molecule has 4 unspecified atom stereocenters. The second-order valence-corrected chi connectivity index (χ2v) is 12.2. The molecule has 1 nitrogen and oxygen atoms in total. The van der Waals surface area contributed by atoms with Crippen molar-refractivity contribution in [1.29, 1.82) is 0 Å². The molecular formula is C13H28OSi. The predicted octanol–water partition coefficient (Wildman–Crippen LogP) is 3.76. The van der Waals surface area contributed by atoms with E-state index in [1.165, 1.54) is 12.8 Å². The zero-order valence-electron chi connectivity index (χ0n) is 11.2. The Bertz CT molecular complexity index is 207. The van der Waals surface area contributed by atoms with Crippen molar-refractivity contribution >= 4 is 8.07 Å². The van der Waals surface area contributed by atoms with Crippen molar-refractivity contribution in [3.63, 3.8) is 0 Å². The van der Waals surface area contributed by atoms with Gasteiger partial charge in [-0.15, -0.1) is 0 Å². The quantitative estimate of drug-likeness (QED) is 0.714. The Morgan fingerprint density at radius 1 is 1.13 bits per heavy atom. The van der Waals surface area contributed by atoms with Gasteiger partial charge in [0, 0.05) is 0 Å². The number of aliphatic hydroxyl groups is 1. The minimum Gasteiger partial charge on any atom is -0.393 e. The molecule has 2 heteroatoms. The smallest absolute Gasteiger partial charge is 0.0573 e. The van der Waals surface area contributed by atoms with E-state index in [1.807, 2.05) is 0 Å². The largest absolute Gasteiger partial charge is 0.393 e. The minimum absolute atomic E-state index is 0.0437. The van der Waals surface area contributed by atoms with E-state index >= 15 is 0 Å². The molecular weight excluding hydrogens is 200 g/mol. The number of aliphatic hydroxyl groups excluding tert-OH is 1. The van der Waals surface area contributed by atoms with Gasteiger partial charge in [0.25, 0.3) is 0 Å². The molecule has 0 heterocycles. The van der Waals surface area contributed by atoms with Gasteiger partial charge in [0.2, 0.25) is 0 Å². The molecule has 1 aliphatic carbocycles. The van der Waals surface area contributed by atoms with E-state index in [1.54, 1.807) is 0 Å². The van der Waals surface area contributed by atoms with Gasteiger partial charge in [-0.3, -0.25) is 0 Å². The summed E-state index contributed by atoms with van der Waals surface area (Å²) in [7, 11) is -1.24. The molecule has 0 amide bonds. The van der Waals surface area contributed by atoms with Crippen LogP contribution in [0.2, 0.25) is 25.2 Å². The van der Waals surface area contributed by atoms with Gasteiger partial charge >= 0.3 is 0 Å². The lowest BCUT2D eigenvalue weighted by Gasteiger charge is -2.47. The van der Waals surface area contributed by atoms with E-state index in [0.717, 1.165) is 11.8 Å². The van der Waals surface area contributed by atoms with E-state index < -0.39 is 8.07 Å². The summed E-state index contributed by atoms with van der Waals surface area (Å²) in [6, 6.07) is 0. The van der Waals surface area contributed by atoms with E-state index in [-0.39, 0.29) is 6.10 Å². The molecule has 1 rings (SSSR count). The monoisotopic (exact) mass is 228 g/mol. The maximum atomic E-state index is 10.4. The molecule has 1 fully saturated rings. The van der Waals surface area contributed by atoms with Crippen molar-refractivity contribution in [3.05, 3.63) is 0 Å². The van der Waals surface area contributed by atoms with E-state index in [4.69, 9.17) is 0 Å². The van der Waals surface area contributed by atoms with Crippen molar-refractivity contribution in [1.82, 2.24) is 0 Å². The number of rotatable bonds is 2. The number of hydrogen-bond acceptors (Lipinski definition) is 1. The molecule has 15 heavy (non-hydrogen) atoms. The van der Waals surface area contributed by atoms with Gasteiger partial charge in [0.15, 0.2) is 0 Å². The van der Waals surface area contributed by atoms with Crippen LogP contribution in [0.4, 0.5) is 0 Å². The van der Waals surface area contributed by atoms with Crippen LogP contribution in [0.25, 0.3) is 0 Å². The Morgan fingerprint density at radius 3 is 2.07 bits per heavy atom. The van der Waals surface area contributed by atoms with Crippen LogP contribution >= 0.6 is 0 Å². The topological polar surface area (TPSA) is 20.2 Å². The fourth-order valence-corrected chi connectivity index (χ4v) is 6.50. The lowest BCUT2D eigenvalue weighted by molar-refractivity contribution is 0.0385. The molecule has 90 valence electrons. The maximum Gasteiger partial charge on any atom is 0.0573 e. The second-order valence-electron chi connectivity index (χ2n) is 6.84. The molecule has 0 saturated heterocycles. The Kier molecular flexibility index (Phi) is 4.05. The third-order valence-corrected chi connectivity index (χ3v) is 6.99. The molecule has 0 radical (unpaired) electrons. The fourth-order valence-electron chi connectivity index (χ4n) is 3.32. The first kappa shape index (κ1) is 13.2. The van der Waals surface area contributed by atoms with Crippen LogP contribution in [-0.4, -0.2) is 19.3 Å². The lowest BCUT2D eigenvalue weighted by atomic mass is 9.75. The van der Waals surface area contributed by atoms with Gasteiger partial charge in [-0.2, -0.15) is 0 Å². The first-order chi connectivity index (χ1) is 6.75.